The van der Waals surface area contributed by atoms with E-state index >= 15 is 0 Å². The number of rotatable bonds is 1. The van der Waals surface area contributed by atoms with Crippen molar-refractivity contribution < 1.29 is 5.11 Å². The first-order valence-corrected chi connectivity index (χ1v) is 4.40. The van der Waals surface area contributed by atoms with E-state index in [1.807, 2.05) is 18.2 Å². The summed E-state index contributed by atoms with van der Waals surface area (Å²) in [5.74, 6) is -0.0723. The Kier molecular flexibility index (Phi) is 1.81. The lowest BCUT2D eigenvalue weighted by Gasteiger charge is -1.92. The van der Waals surface area contributed by atoms with Crippen molar-refractivity contribution in [2.75, 3.05) is 0 Å². The number of H-pyrrole nitrogens is 1. The second-order valence-corrected chi connectivity index (χ2v) is 3.45. The van der Waals surface area contributed by atoms with E-state index in [2.05, 4.69) is 26.0 Å². The number of fused-ring (bicyclic) bond motifs is 1. The lowest BCUT2D eigenvalue weighted by Crippen LogP contribution is -1.67. The Bertz CT molecular complexity index is 477. The minimum Gasteiger partial charge on any atom is -0.493 e. The van der Waals surface area contributed by atoms with Gasteiger partial charge in [0.2, 0.25) is 5.88 Å². The summed E-state index contributed by atoms with van der Waals surface area (Å²) in [5.41, 5.74) is 7.93. The number of nitrogens with one attached hydrogen (secondary N) is 2. The highest BCUT2D eigenvalue weighted by Gasteiger charge is 2.11. The third-order valence-corrected chi connectivity index (χ3v) is 2.50. The van der Waals surface area contributed by atoms with E-state index < -0.39 is 0 Å². The second-order valence-electron chi connectivity index (χ2n) is 2.60. The van der Waals surface area contributed by atoms with Crippen LogP contribution in [0.4, 0.5) is 5.69 Å². The third-order valence-electron chi connectivity index (χ3n) is 1.84. The summed E-state index contributed by atoms with van der Waals surface area (Å²) in [6.45, 7) is 0. The molecule has 0 unspecified atom stereocenters. The zero-order chi connectivity index (χ0) is 9.42. The second kappa shape index (κ2) is 2.85. The molecule has 0 saturated heterocycles. The molecule has 0 spiro atoms. The normalized spacial score (nSPS) is 10.5. The highest BCUT2D eigenvalue weighted by Crippen LogP contribution is 2.38. The van der Waals surface area contributed by atoms with Gasteiger partial charge in [-0.05, 0) is 12.1 Å². The fourth-order valence-corrected chi connectivity index (χ4v) is 1.84. The van der Waals surface area contributed by atoms with E-state index in [-0.39, 0.29) is 11.6 Å². The summed E-state index contributed by atoms with van der Waals surface area (Å²) in [4.78, 5) is 2.73. The van der Waals surface area contributed by atoms with Gasteiger partial charge in [0, 0.05) is 9.86 Å². The van der Waals surface area contributed by atoms with Crippen molar-refractivity contribution in [2.45, 2.75) is 0 Å². The fourth-order valence-electron chi connectivity index (χ4n) is 1.28. The molecule has 2 aromatic rings. The Balaban J connectivity index is 2.96. The molecule has 5 heteroatoms. The van der Waals surface area contributed by atoms with E-state index in [0.717, 1.165) is 15.4 Å². The average Bonchev–Trinajstić information content (AvgIpc) is 2.42. The molecule has 66 valence electrons. The van der Waals surface area contributed by atoms with E-state index in [4.69, 9.17) is 5.53 Å². The Morgan fingerprint density at radius 1 is 1.46 bits per heavy atom. The lowest BCUT2D eigenvalue weighted by atomic mass is 10.2. The van der Waals surface area contributed by atoms with Crippen molar-refractivity contribution >= 4 is 32.5 Å². The molecule has 0 aliphatic rings. The quantitative estimate of drug-likeness (QED) is 0.657. The molecule has 4 nitrogen and oxygen atoms in total. The number of aromatic hydroxyl groups is 1. The first-order valence-electron chi connectivity index (χ1n) is 3.60. The average molecular weight is 240 g/mol. The summed E-state index contributed by atoms with van der Waals surface area (Å²) in [6.07, 6.45) is 0. The molecule has 1 aromatic heterocycles. The van der Waals surface area contributed by atoms with Crippen LogP contribution in [0.3, 0.4) is 0 Å². The number of nitrogens with zero attached hydrogens (tertiary/aromatic N) is 1. The monoisotopic (exact) mass is 239 g/mol. The molecular weight excluding hydrogens is 234 g/mol. The van der Waals surface area contributed by atoms with Crippen LogP contribution < -0.4 is 0 Å². The zero-order valence-electron chi connectivity index (χ0n) is 6.50. The molecule has 0 aliphatic carbocycles. The number of aromatic amines is 1. The van der Waals surface area contributed by atoms with Gasteiger partial charge in [0.05, 0.1) is 5.52 Å². The van der Waals surface area contributed by atoms with Crippen LogP contribution in [0.15, 0.2) is 27.8 Å². The van der Waals surface area contributed by atoms with Crippen molar-refractivity contribution in [3.63, 3.8) is 0 Å². The molecule has 13 heavy (non-hydrogen) atoms. The van der Waals surface area contributed by atoms with Gasteiger partial charge in [-0.2, -0.15) is 5.11 Å². The predicted molar refractivity (Wildman–Crippen MR) is 52.5 cm³/mol. The standard InChI is InChI=1S/C8H6BrN3O/c9-4-2-1-3-5-6(4)7(12-10)8(13)11-5/h1-3,10-11,13H. The molecule has 1 aromatic carbocycles. The summed E-state index contributed by atoms with van der Waals surface area (Å²) >= 11 is 3.33. The Morgan fingerprint density at radius 3 is 2.92 bits per heavy atom. The molecule has 0 aliphatic heterocycles. The van der Waals surface area contributed by atoms with Gasteiger partial charge in [-0.15, -0.1) is 0 Å². The maximum Gasteiger partial charge on any atom is 0.218 e. The molecule has 0 amide bonds. The van der Waals surface area contributed by atoms with Crippen LogP contribution >= 0.6 is 15.9 Å². The molecule has 3 N–H and O–H groups in total. The fraction of sp³-hybridized carbons (Fsp3) is 0. The van der Waals surface area contributed by atoms with Gasteiger partial charge in [0.15, 0.2) is 5.69 Å². The van der Waals surface area contributed by atoms with Crippen LogP contribution in [0.1, 0.15) is 0 Å². The lowest BCUT2D eigenvalue weighted by molar-refractivity contribution is 0.459. The van der Waals surface area contributed by atoms with E-state index in [1.165, 1.54) is 0 Å². The van der Waals surface area contributed by atoms with Gasteiger partial charge in [-0.1, -0.05) is 22.0 Å². The van der Waals surface area contributed by atoms with Crippen LogP contribution in [0, 0.1) is 5.53 Å². The Labute approximate surface area is 82.2 Å². The van der Waals surface area contributed by atoms with E-state index in [1.54, 1.807) is 0 Å². The van der Waals surface area contributed by atoms with Crippen LogP contribution in [-0.2, 0) is 0 Å². The summed E-state index contributed by atoms with van der Waals surface area (Å²) in [5, 5.41) is 13.4. The molecule has 0 bridgehead atoms. The van der Waals surface area contributed by atoms with Crippen molar-refractivity contribution in [1.82, 2.24) is 4.98 Å². The number of hydrogen-bond donors (Lipinski definition) is 3. The topological polar surface area (TPSA) is 72.2 Å². The van der Waals surface area contributed by atoms with Crippen molar-refractivity contribution in [3.05, 3.63) is 22.7 Å². The maximum atomic E-state index is 9.37. The first kappa shape index (κ1) is 8.25. The summed E-state index contributed by atoms with van der Waals surface area (Å²) < 4.78 is 0.813. The first-order chi connectivity index (χ1) is 6.24. The number of halogens is 1. The highest BCUT2D eigenvalue weighted by atomic mass is 79.9. The third kappa shape index (κ3) is 1.12. The molecular formula is C8H6BrN3O. The largest absolute Gasteiger partial charge is 0.493 e. The van der Waals surface area contributed by atoms with Gasteiger partial charge in [-0.25, -0.2) is 5.53 Å². The molecule has 0 saturated carbocycles. The van der Waals surface area contributed by atoms with Gasteiger partial charge in [0.1, 0.15) is 0 Å². The molecule has 0 fully saturated rings. The van der Waals surface area contributed by atoms with Crippen molar-refractivity contribution in [1.29, 1.82) is 5.53 Å². The predicted octanol–water partition coefficient (Wildman–Crippen LogP) is 3.30. The smallest absolute Gasteiger partial charge is 0.218 e. The van der Waals surface area contributed by atoms with Gasteiger partial charge in [-0.3, -0.25) is 0 Å². The van der Waals surface area contributed by atoms with E-state index in [0.29, 0.717) is 0 Å². The van der Waals surface area contributed by atoms with Crippen LogP contribution in [0.25, 0.3) is 10.9 Å². The Hall–Kier alpha value is -1.36. The molecule has 1 heterocycles. The Morgan fingerprint density at radius 2 is 2.23 bits per heavy atom. The van der Waals surface area contributed by atoms with Crippen LogP contribution in [0.5, 0.6) is 5.88 Å². The number of benzene rings is 1. The zero-order valence-corrected chi connectivity index (χ0v) is 8.09. The van der Waals surface area contributed by atoms with Crippen molar-refractivity contribution in [3.8, 4) is 5.88 Å². The SMILES string of the molecule is N=Nc1c(O)[nH]c2cccc(Br)c12. The molecule has 0 atom stereocenters. The van der Waals surface area contributed by atoms with Crippen LogP contribution in [-0.4, -0.2) is 10.1 Å². The summed E-state index contributed by atoms with van der Waals surface area (Å²) in [7, 11) is 0. The maximum absolute atomic E-state index is 9.37. The van der Waals surface area contributed by atoms with E-state index in [9.17, 15) is 5.11 Å². The molecule has 2 rings (SSSR count). The number of aromatic nitrogens is 1. The minimum atomic E-state index is -0.0723. The highest BCUT2D eigenvalue weighted by molar-refractivity contribution is 9.10. The van der Waals surface area contributed by atoms with Gasteiger partial charge >= 0.3 is 0 Å². The summed E-state index contributed by atoms with van der Waals surface area (Å²) in [6, 6.07) is 5.49. The minimum absolute atomic E-state index is 0.0723. The molecule has 0 radical (unpaired) electrons. The van der Waals surface area contributed by atoms with Gasteiger partial charge in [0.25, 0.3) is 0 Å². The van der Waals surface area contributed by atoms with Crippen molar-refractivity contribution in [2.24, 2.45) is 5.11 Å². The van der Waals surface area contributed by atoms with Gasteiger partial charge < -0.3 is 10.1 Å². The van der Waals surface area contributed by atoms with Crippen LogP contribution in [0.2, 0.25) is 0 Å². The number of hydrogen-bond acceptors (Lipinski definition) is 3.